The SMILES string of the molecule is C=C/C=C/C(=C)Cc1[nH]cc(C(=O)c2cccc(C(=N)CS(=O)C(C)CC)c2F)c1C(C)=NCCOC. The molecule has 0 radical (unpaired) electrons. The lowest BCUT2D eigenvalue weighted by Crippen LogP contribution is -2.21. The first kappa shape index (κ1) is 30.0. The van der Waals surface area contributed by atoms with Crippen molar-refractivity contribution >= 4 is 28.0 Å². The molecule has 0 saturated carbocycles. The van der Waals surface area contributed by atoms with Crippen LogP contribution in [0.3, 0.4) is 0 Å². The van der Waals surface area contributed by atoms with Gasteiger partial charge in [-0.25, -0.2) is 4.39 Å². The normalized spacial score (nSPS) is 13.5. The molecule has 0 aliphatic carbocycles. The summed E-state index contributed by atoms with van der Waals surface area (Å²) in [4.78, 5) is 21.3. The van der Waals surface area contributed by atoms with Crippen LogP contribution >= 0.6 is 0 Å². The van der Waals surface area contributed by atoms with Gasteiger partial charge in [-0.2, -0.15) is 0 Å². The van der Waals surface area contributed by atoms with E-state index in [-0.39, 0.29) is 33.4 Å². The molecule has 2 rings (SSSR count). The second-order valence-electron chi connectivity index (χ2n) is 8.66. The molecule has 2 unspecified atom stereocenters. The zero-order valence-electron chi connectivity index (χ0n) is 22.0. The summed E-state index contributed by atoms with van der Waals surface area (Å²) < 4.78 is 33.1. The van der Waals surface area contributed by atoms with Gasteiger partial charge in [0.15, 0.2) is 5.78 Å². The van der Waals surface area contributed by atoms with E-state index < -0.39 is 22.4 Å². The molecule has 0 aliphatic heterocycles. The molecule has 2 atom stereocenters. The standard InChI is InChI=1S/C29H36FN3O3S/c1-7-9-11-19(3)16-26-27(21(5)32-14-15-36-6)24(17-33-26)29(34)23-13-10-12-22(28(23)30)25(31)18-37(35)20(4)8-2/h7,9-13,17,20,31,33H,1,3,8,14-16,18H2,2,4-6H3/b11-9+,31-25?,32-21?. The largest absolute Gasteiger partial charge is 0.383 e. The van der Waals surface area contributed by atoms with E-state index in [0.29, 0.717) is 37.3 Å². The number of nitrogens with one attached hydrogen (secondary N) is 2. The van der Waals surface area contributed by atoms with Gasteiger partial charge in [0.05, 0.1) is 30.2 Å². The Kier molecular flexibility index (Phi) is 11.8. The minimum atomic E-state index is -1.30. The number of hydrogen-bond acceptors (Lipinski definition) is 5. The fourth-order valence-corrected chi connectivity index (χ4v) is 4.80. The number of ketones is 1. The molecular formula is C29H36FN3O3S. The molecule has 1 aromatic carbocycles. The lowest BCUT2D eigenvalue weighted by Gasteiger charge is -2.12. The highest BCUT2D eigenvalue weighted by atomic mass is 32.2. The highest BCUT2D eigenvalue weighted by Gasteiger charge is 2.25. The van der Waals surface area contributed by atoms with Crippen LogP contribution in [0.5, 0.6) is 0 Å². The fraction of sp³-hybridized carbons (Fsp3) is 0.345. The van der Waals surface area contributed by atoms with Crippen LogP contribution in [0, 0.1) is 11.2 Å². The summed E-state index contributed by atoms with van der Waals surface area (Å²) in [6.45, 7) is 14.1. The monoisotopic (exact) mass is 525 g/mol. The Bertz CT molecular complexity index is 1240. The summed E-state index contributed by atoms with van der Waals surface area (Å²) in [6, 6.07) is 4.39. The van der Waals surface area contributed by atoms with Gasteiger partial charge in [0.25, 0.3) is 0 Å². The molecule has 0 fully saturated rings. The van der Waals surface area contributed by atoms with Crippen LogP contribution in [0.4, 0.5) is 4.39 Å². The average Bonchev–Trinajstić information content (AvgIpc) is 3.29. The number of carbonyl (C=O) groups excluding carboxylic acids is 1. The molecule has 6 nitrogen and oxygen atoms in total. The number of ether oxygens (including phenoxy) is 1. The number of carbonyl (C=O) groups is 1. The van der Waals surface area contributed by atoms with E-state index in [9.17, 15) is 9.00 Å². The van der Waals surface area contributed by atoms with E-state index in [4.69, 9.17) is 10.1 Å². The number of aromatic amines is 1. The van der Waals surface area contributed by atoms with Crippen molar-refractivity contribution in [3.05, 3.63) is 95.1 Å². The maximum absolute atomic E-state index is 15.6. The van der Waals surface area contributed by atoms with Gasteiger partial charge in [0.1, 0.15) is 5.82 Å². The van der Waals surface area contributed by atoms with Crippen LogP contribution in [0.25, 0.3) is 0 Å². The van der Waals surface area contributed by atoms with Crippen molar-refractivity contribution in [2.75, 3.05) is 26.0 Å². The van der Waals surface area contributed by atoms with Crippen LogP contribution in [0.1, 0.15) is 59.9 Å². The molecule has 0 saturated heterocycles. The van der Waals surface area contributed by atoms with Crippen molar-refractivity contribution in [2.45, 2.75) is 38.9 Å². The number of H-pyrrole nitrogens is 1. The number of benzene rings is 1. The summed E-state index contributed by atoms with van der Waals surface area (Å²) in [5.74, 6) is -1.39. The molecule has 8 heteroatoms. The Morgan fingerprint density at radius 2 is 2.03 bits per heavy atom. The molecule has 0 aliphatic rings. The molecule has 1 aromatic heterocycles. The fourth-order valence-electron chi connectivity index (χ4n) is 3.71. The van der Waals surface area contributed by atoms with Crippen molar-refractivity contribution in [2.24, 2.45) is 4.99 Å². The number of allylic oxidation sites excluding steroid dienone is 4. The Hall–Kier alpha value is -3.23. The lowest BCUT2D eigenvalue weighted by atomic mass is 9.94. The molecule has 0 spiro atoms. The molecule has 37 heavy (non-hydrogen) atoms. The van der Waals surface area contributed by atoms with Crippen molar-refractivity contribution in [3.8, 4) is 0 Å². The Balaban J connectivity index is 2.50. The quantitative estimate of drug-likeness (QED) is 0.137. The van der Waals surface area contributed by atoms with E-state index in [1.807, 2.05) is 19.9 Å². The third-order valence-electron chi connectivity index (χ3n) is 5.96. The van der Waals surface area contributed by atoms with Gasteiger partial charge in [0.2, 0.25) is 0 Å². The van der Waals surface area contributed by atoms with Crippen LogP contribution < -0.4 is 0 Å². The number of rotatable bonds is 15. The smallest absolute Gasteiger partial charge is 0.198 e. The molecule has 0 bridgehead atoms. The Labute approximate surface area is 221 Å². The maximum atomic E-state index is 15.6. The molecule has 0 amide bonds. The van der Waals surface area contributed by atoms with Crippen molar-refractivity contribution < 1.29 is 18.1 Å². The molecule has 1 heterocycles. The first-order valence-electron chi connectivity index (χ1n) is 12.1. The number of nitrogens with zero attached hydrogens (tertiary/aromatic N) is 1. The van der Waals surface area contributed by atoms with Crippen LogP contribution in [-0.4, -0.2) is 57.7 Å². The summed E-state index contributed by atoms with van der Waals surface area (Å²) in [5.41, 5.74) is 2.74. The first-order chi connectivity index (χ1) is 17.7. The van der Waals surface area contributed by atoms with Gasteiger partial charge in [-0.15, -0.1) is 0 Å². The number of halogens is 1. The van der Waals surface area contributed by atoms with E-state index in [0.717, 1.165) is 11.3 Å². The van der Waals surface area contributed by atoms with Gasteiger partial charge in [-0.3, -0.25) is 14.0 Å². The van der Waals surface area contributed by atoms with Gasteiger partial charge < -0.3 is 15.1 Å². The minimum Gasteiger partial charge on any atom is -0.383 e. The number of aliphatic imine (C=N–C) groups is 1. The van der Waals surface area contributed by atoms with Crippen LogP contribution in [-0.2, 0) is 22.0 Å². The van der Waals surface area contributed by atoms with Gasteiger partial charge in [0, 0.05) is 63.9 Å². The number of aromatic nitrogens is 1. The molecule has 198 valence electrons. The summed E-state index contributed by atoms with van der Waals surface area (Å²) in [6.07, 6.45) is 7.94. The Morgan fingerprint density at radius 1 is 1.32 bits per heavy atom. The number of hydrogen-bond donors (Lipinski definition) is 2. The topological polar surface area (TPSA) is 95.4 Å². The lowest BCUT2D eigenvalue weighted by molar-refractivity contribution is 0.103. The van der Waals surface area contributed by atoms with E-state index in [2.05, 4.69) is 23.1 Å². The minimum absolute atomic E-state index is 0.0202. The van der Waals surface area contributed by atoms with Crippen molar-refractivity contribution in [1.82, 2.24) is 4.98 Å². The van der Waals surface area contributed by atoms with E-state index in [1.165, 1.54) is 12.1 Å². The molecule has 2 aromatic rings. The predicted molar refractivity (Wildman–Crippen MR) is 151 cm³/mol. The summed E-state index contributed by atoms with van der Waals surface area (Å²) in [5, 5.41) is 8.24. The van der Waals surface area contributed by atoms with Crippen molar-refractivity contribution in [3.63, 3.8) is 0 Å². The second kappa shape index (κ2) is 14.5. The maximum Gasteiger partial charge on any atom is 0.198 e. The van der Waals surface area contributed by atoms with E-state index in [1.54, 1.807) is 38.4 Å². The summed E-state index contributed by atoms with van der Waals surface area (Å²) >= 11 is 0. The zero-order chi connectivity index (χ0) is 27.5. The zero-order valence-corrected chi connectivity index (χ0v) is 22.8. The Morgan fingerprint density at radius 3 is 2.68 bits per heavy atom. The highest BCUT2D eigenvalue weighted by Crippen LogP contribution is 2.25. The highest BCUT2D eigenvalue weighted by molar-refractivity contribution is 7.86. The van der Waals surface area contributed by atoms with Crippen molar-refractivity contribution in [1.29, 1.82) is 5.41 Å². The van der Waals surface area contributed by atoms with E-state index >= 15 is 4.39 Å². The first-order valence-corrected chi connectivity index (χ1v) is 13.5. The predicted octanol–water partition coefficient (Wildman–Crippen LogP) is 5.60. The second-order valence-corrected chi connectivity index (χ2v) is 10.5. The molecule has 2 N–H and O–H groups in total. The van der Waals surface area contributed by atoms with Gasteiger partial charge >= 0.3 is 0 Å². The third kappa shape index (κ3) is 7.87. The average molecular weight is 526 g/mol. The summed E-state index contributed by atoms with van der Waals surface area (Å²) in [7, 11) is 0.283. The molecular weight excluding hydrogens is 489 g/mol. The van der Waals surface area contributed by atoms with Gasteiger partial charge in [-0.05, 0) is 25.0 Å². The number of methoxy groups -OCH3 is 1. The van der Waals surface area contributed by atoms with Crippen LogP contribution in [0.15, 0.2) is 66.3 Å². The van der Waals surface area contributed by atoms with Crippen LogP contribution in [0.2, 0.25) is 0 Å². The van der Waals surface area contributed by atoms with Gasteiger partial charge in [-0.1, -0.05) is 57.4 Å². The third-order valence-corrected chi connectivity index (χ3v) is 7.77.